The highest BCUT2D eigenvalue weighted by Gasteiger charge is 2.48. The standard InChI is InChI=1S/C25H38O3/c1-16(6-5-7-18(3)24(27)28)21-12-13-25(4)14-22-19(15-26)9-10-20(22)17(2)8-11-23(21)25/h7-8,16,20-21,23,26H,5-6,9-15H2,1-4H3,(H,27,28)/b17-8-,18-7+/t16-,20-,21+,23+,25-/m0/s1. The van der Waals surface area contributed by atoms with E-state index >= 15 is 0 Å². The van der Waals surface area contributed by atoms with Gasteiger partial charge in [0.1, 0.15) is 0 Å². The minimum atomic E-state index is -0.805. The van der Waals surface area contributed by atoms with Crippen molar-refractivity contribution in [2.45, 2.75) is 79.1 Å². The van der Waals surface area contributed by atoms with Crippen molar-refractivity contribution in [3.05, 3.63) is 34.4 Å². The fraction of sp³-hybridized carbons (Fsp3) is 0.720. The third-order valence-corrected chi connectivity index (χ3v) is 8.24. The van der Waals surface area contributed by atoms with Gasteiger partial charge in [-0.25, -0.2) is 4.79 Å². The van der Waals surface area contributed by atoms with Crippen LogP contribution in [0.2, 0.25) is 0 Å². The lowest BCUT2D eigenvalue weighted by Crippen LogP contribution is -2.30. The number of aliphatic hydroxyl groups excluding tert-OH is 1. The third kappa shape index (κ3) is 4.15. The Morgan fingerprint density at radius 3 is 2.82 bits per heavy atom. The molecule has 3 aliphatic carbocycles. The van der Waals surface area contributed by atoms with Gasteiger partial charge < -0.3 is 10.2 Å². The average molecular weight is 387 g/mol. The van der Waals surface area contributed by atoms with Crippen molar-refractivity contribution in [2.75, 3.05) is 6.61 Å². The smallest absolute Gasteiger partial charge is 0.330 e. The lowest BCUT2D eigenvalue weighted by molar-refractivity contribution is -0.132. The Labute approximate surface area is 170 Å². The van der Waals surface area contributed by atoms with E-state index in [-0.39, 0.29) is 6.61 Å². The highest BCUT2D eigenvalue weighted by molar-refractivity contribution is 5.85. The number of carboxylic acid groups (broad SMARTS) is 1. The monoisotopic (exact) mass is 386 g/mol. The van der Waals surface area contributed by atoms with E-state index in [1.807, 2.05) is 6.08 Å². The van der Waals surface area contributed by atoms with Crippen molar-refractivity contribution >= 4 is 5.97 Å². The van der Waals surface area contributed by atoms with Crippen LogP contribution in [0.15, 0.2) is 34.4 Å². The molecule has 1 saturated carbocycles. The van der Waals surface area contributed by atoms with E-state index in [9.17, 15) is 9.90 Å². The highest BCUT2D eigenvalue weighted by atomic mass is 16.4. The zero-order valence-electron chi connectivity index (χ0n) is 18.1. The van der Waals surface area contributed by atoms with Crippen LogP contribution in [-0.4, -0.2) is 22.8 Å². The van der Waals surface area contributed by atoms with Crippen molar-refractivity contribution in [2.24, 2.45) is 29.1 Å². The van der Waals surface area contributed by atoms with Gasteiger partial charge in [-0.15, -0.1) is 0 Å². The highest BCUT2D eigenvalue weighted by Crippen LogP contribution is 2.58. The maximum atomic E-state index is 11.0. The first-order valence-electron chi connectivity index (χ1n) is 11.1. The quantitative estimate of drug-likeness (QED) is 0.441. The van der Waals surface area contributed by atoms with E-state index in [2.05, 4.69) is 26.8 Å². The molecule has 156 valence electrons. The molecular formula is C25H38O3. The van der Waals surface area contributed by atoms with Crippen LogP contribution in [0.4, 0.5) is 0 Å². The Bertz CT molecular complexity index is 699. The zero-order chi connectivity index (χ0) is 20.5. The topological polar surface area (TPSA) is 57.5 Å². The second kappa shape index (κ2) is 8.57. The molecule has 3 aliphatic rings. The number of carbonyl (C=O) groups is 1. The Balaban J connectivity index is 1.76. The number of aliphatic hydroxyl groups is 1. The van der Waals surface area contributed by atoms with Gasteiger partial charge in [-0.2, -0.15) is 0 Å². The Morgan fingerprint density at radius 2 is 2.14 bits per heavy atom. The zero-order valence-corrected chi connectivity index (χ0v) is 18.1. The van der Waals surface area contributed by atoms with Crippen molar-refractivity contribution < 1.29 is 15.0 Å². The predicted molar refractivity (Wildman–Crippen MR) is 114 cm³/mol. The fourth-order valence-electron chi connectivity index (χ4n) is 6.35. The van der Waals surface area contributed by atoms with E-state index < -0.39 is 5.97 Å². The van der Waals surface area contributed by atoms with Crippen LogP contribution in [0.25, 0.3) is 0 Å². The van der Waals surface area contributed by atoms with Gasteiger partial charge >= 0.3 is 5.97 Å². The number of hydrogen-bond acceptors (Lipinski definition) is 2. The van der Waals surface area contributed by atoms with Crippen molar-refractivity contribution in [3.63, 3.8) is 0 Å². The molecule has 0 unspecified atom stereocenters. The summed E-state index contributed by atoms with van der Waals surface area (Å²) in [5, 5.41) is 18.9. The molecule has 2 N–H and O–H groups in total. The second-order valence-electron chi connectivity index (χ2n) is 9.95. The summed E-state index contributed by atoms with van der Waals surface area (Å²) in [5.41, 5.74) is 5.17. The minimum absolute atomic E-state index is 0.231. The lowest BCUT2D eigenvalue weighted by Gasteiger charge is -2.39. The van der Waals surface area contributed by atoms with E-state index in [1.54, 1.807) is 12.5 Å². The lowest BCUT2D eigenvalue weighted by atomic mass is 9.65. The maximum absolute atomic E-state index is 11.0. The summed E-state index contributed by atoms with van der Waals surface area (Å²) >= 11 is 0. The first-order valence-corrected chi connectivity index (χ1v) is 11.1. The van der Waals surface area contributed by atoms with Crippen LogP contribution in [0.1, 0.15) is 79.1 Å². The van der Waals surface area contributed by atoms with Crippen LogP contribution in [0.3, 0.4) is 0 Å². The number of fused-ring (bicyclic) bond motifs is 2. The van der Waals surface area contributed by atoms with Crippen LogP contribution >= 0.6 is 0 Å². The van der Waals surface area contributed by atoms with Crippen LogP contribution in [-0.2, 0) is 4.79 Å². The van der Waals surface area contributed by atoms with Gasteiger partial charge in [-0.3, -0.25) is 0 Å². The van der Waals surface area contributed by atoms with Gasteiger partial charge in [0.05, 0.1) is 6.61 Å². The molecule has 1 fully saturated rings. The first-order chi connectivity index (χ1) is 13.3. The van der Waals surface area contributed by atoms with E-state index in [0.717, 1.165) is 25.7 Å². The molecule has 0 aliphatic heterocycles. The van der Waals surface area contributed by atoms with Crippen molar-refractivity contribution in [3.8, 4) is 0 Å². The van der Waals surface area contributed by atoms with Crippen LogP contribution in [0, 0.1) is 29.1 Å². The molecule has 3 heteroatoms. The summed E-state index contributed by atoms with van der Waals surface area (Å²) in [5.74, 6) is 1.78. The summed E-state index contributed by atoms with van der Waals surface area (Å²) in [4.78, 5) is 11.0. The number of carboxylic acids is 1. The van der Waals surface area contributed by atoms with Crippen molar-refractivity contribution in [1.82, 2.24) is 0 Å². The Hall–Kier alpha value is -1.35. The maximum Gasteiger partial charge on any atom is 0.330 e. The SMILES string of the molecule is C/C1=C/C[C@@H]2[C@@H]([C@@H](C)CC/C=C(\C)C(=O)O)CC[C@@]2(C)CC2=C(CO)CC[C@H]21. The fourth-order valence-corrected chi connectivity index (χ4v) is 6.35. The molecule has 0 aromatic carbocycles. The molecule has 5 atom stereocenters. The van der Waals surface area contributed by atoms with Gasteiger partial charge in [0.25, 0.3) is 0 Å². The molecule has 3 rings (SSSR count). The first kappa shape index (κ1) is 21.4. The predicted octanol–water partition coefficient (Wildman–Crippen LogP) is 5.91. The molecule has 0 aromatic rings. The van der Waals surface area contributed by atoms with E-state index in [4.69, 9.17) is 5.11 Å². The summed E-state index contributed by atoms with van der Waals surface area (Å²) in [6.45, 7) is 9.07. The van der Waals surface area contributed by atoms with Gasteiger partial charge in [-0.05, 0) is 94.0 Å². The number of rotatable bonds is 6. The minimum Gasteiger partial charge on any atom is -0.478 e. The van der Waals surface area contributed by atoms with Gasteiger partial charge in [0, 0.05) is 11.5 Å². The number of aliphatic carboxylic acids is 1. The van der Waals surface area contributed by atoms with E-state index in [0.29, 0.717) is 34.7 Å². The summed E-state index contributed by atoms with van der Waals surface area (Å²) in [6.07, 6.45) is 13.5. The van der Waals surface area contributed by atoms with Gasteiger partial charge in [0.2, 0.25) is 0 Å². The van der Waals surface area contributed by atoms with Crippen LogP contribution in [0.5, 0.6) is 0 Å². The van der Waals surface area contributed by atoms with Crippen molar-refractivity contribution in [1.29, 1.82) is 0 Å². The molecule has 3 nitrogen and oxygen atoms in total. The van der Waals surface area contributed by atoms with E-state index in [1.165, 1.54) is 36.8 Å². The molecule has 0 spiro atoms. The Morgan fingerprint density at radius 1 is 1.39 bits per heavy atom. The summed E-state index contributed by atoms with van der Waals surface area (Å²) < 4.78 is 0. The second-order valence-corrected chi connectivity index (χ2v) is 9.95. The molecule has 0 bridgehead atoms. The summed E-state index contributed by atoms with van der Waals surface area (Å²) in [7, 11) is 0. The summed E-state index contributed by atoms with van der Waals surface area (Å²) in [6, 6.07) is 0. The molecule has 28 heavy (non-hydrogen) atoms. The molecular weight excluding hydrogens is 348 g/mol. The van der Waals surface area contributed by atoms with Gasteiger partial charge in [0.15, 0.2) is 0 Å². The molecule has 0 saturated heterocycles. The molecule has 0 radical (unpaired) electrons. The number of allylic oxidation sites excluding steroid dienone is 4. The molecule has 0 aromatic heterocycles. The normalized spacial score (nSPS) is 36.2. The Kier molecular flexibility index (Phi) is 6.54. The largest absolute Gasteiger partial charge is 0.478 e. The number of hydrogen-bond donors (Lipinski definition) is 2. The van der Waals surface area contributed by atoms with Crippen LogP contribution < -0.4 is 0 Å². The van der Waals surface area contributed by atoms with Gasteiger partial charge in [-0.1, -0.05) is 37.1 Å². The third-order valence-electron chi connectivity index (χ3n) is 8.24. The average Bonchev–Trinajstić information content (AvgIpc) is 3.19. The molecule has 0 amide bonds. The molecule has 0 heterocycles.